The lowest BCUT2D eigenvalue weighted by atomic mass is 10.2. The van der Waals surface area contributed by atoms with Gasteiger partial charge in [0.25, 0.3) is 0 Å². The number of hydrogen-bond donors (Lipinski definition) is 2. The first-order valence-electron chi connectivity index (χ1n) is 5.88. The molecule has 6 heteroatoms. The van der Waals surface area contributed by atoms with E-state index >= 15 is 0 Å². The zero-order valence-electron chi connectivity index (χ0n) is 11.0. The average molecular weight is 266 g/mol. The molecular formula is C13H18N2O4. The Morgan fingerprint density at radius 1 is 1.32 bits per heavy atom. The van der Waals surface area contributed by atoms with E-state index in [0.717, 1.165) is 5.69 Å². The van der Waals surface area contributed by atoms with Gasteiger partial charge in [-0.25, -0.2) is 4.79 Å². The van der Waals surface area contributed by atoms with Crippen LogP contribution in [0.1, 0.15) is 13.3 Å². The highest BCUT2D eigenvalue weighted by atomic mass is 16.5. The van der Waals surface area contributed by atoms with E-state index < -0.39 is 11.9 Å². The third kappa shape index (κ3) is 5.29. The van der Waals surface area contributed by atoms with E-state index in [2.05, 4.69) is 10.1 Å². The van der Waals surface area contributed by atoms with Gasteiger partial charge in [0.1, 0.15) is 11.8 Å². The number of carbonyl (C=O) groups is 2. The molecule has 0 saturated carbocycles. The molecule has 1 amide bonds. The van der Waals surface area contributed by atoms with Crippen molar-refractivity contribution in [3.05, 3.63) is 24.3 Å². The molecule has 3 N–H and O–H groups in total. The summed E-state index contributed by atoms with van der Waals surface area (Å²) in [6, 6.07) is 6.62. The zero-order valence-corrected chi connectivity index (χ0v) is 11.0. The Balaban J connectivity index is 2.47. The number of benzene rings is 1. The van der Waals surface area contributed by atoms with Gasteiger partial charge in [-0.3, -0.25) is 4.79 Å². The molecule has 0 saturated heterocycles. The number of methoxy groups -OCH3 is 1. The molecule has 0 aliphatic heterocycles. The van der Waals surface area contributed by atoms with Crippen LogP contribution in [0.5, 0.6) is 5.75 Å². The SMILES string of the molecule is COC(=O)C(C)Nc1ccc(OCCC(N)=O)cc1. The second-order valence-corrected chi connectivity index (χ2v) is 3.98. The van der Waals surface area contributed by atoms with Crippen molar-refractivity contribution in [2.24, 2.45) is 5.73 Å². The van der Waals surface area contributed by atoms with E-state index in [0.29, 0.717) is 5.75 Å². The van der Waals surface area contributed by atoms with Crippen molar-refractivity contribution in [3.8, 4) is 5.75 Å². The van der Waals surface area contributed by atoms with Crippen molar-refractivity contribution in [2.45, 2.75) is 19.4 Å². The molecule has 1 aromatic rings. The highest BCUT2D eigenvalue weighted by molar-refractivity contribution is 5.78. The van der Waals surface area contributed by atoms with Crippen molar-refractivity contribution in [1.82, 2.24) is 0 Å². The first kappa shape index (κ1) is 14.8. The third-order valence-electron chi connectivity index (χ3n) is 2.41. The van der Waals surface area contributed by atoms with Crippen LogP contribution in [0.25, 0.3) is 0 Å². The highest BCUT2D eigenvalue weighted by Gasteiger charge is 2.12. The normalized spacial score (nSPS) is 11.5. The summed E-state index contributed by atoms with van der Waals surface area (Å²) in [7, 11) is 1.34. The van der Waals surface area contributed by atoms with Crippen molar-refractivity contribution in [1.29, 1.82) is 0 Å². The lowest BCUT2D eigenvalue weighted by Gasteiger charge is -2.13. The second kappa shape index (κ2) is 7.25. The lowest BCUT2D eigenvalue weighted by molar-refractivity contribution is -0.141. The fourth-order valence-corrected chi connectivity index (χ4v) is 1.40. The van der Waals surface area contributed by atoms with Gasteiger partial charge in [-0.15, -0.1) is 0 Å². The Bertz CT molecular complexity index is 431. The van der Waals surface area contributed by atoms with E-state index in [1.807, 2.05) is 0 Å². The van der Waals surface area contributed by atoms with Gasteiger partial charge in [0.2, 0.25) is 5.91 Å². The van der Waals surface area contributed by atoms with Crippen LogP contribution in [-0.4, -0.2) is 31.6 Å². The van der Waals surface area contributed by atoms with Crippen molar-refractivity contribution < 1.29 is 19.1 Å². The number of hydrogen-bond acceptors (Lipinski definition) is 5. The largest absolute Gasteiger partial charge is 0.493 e. The Kier molecular flexibility index (Phi) is 5.66. The summed E-state index contributed by atoms with van der Waals surface area (Å²) in [5.41, 5.74) is 5.78. The van der Waals surface area contributed by atoms with Crippen LogP contribution < -0.4 is 15.8 Å². The van der Waals surface area contributed by atoms with Crippen LogP contribution in [0.3, 0.4) is 0 Å². The second-order valence-electron chi connectivity index (χ2n) is 3.98. The summed E-state index contributed by atoms with van der Waals surface area (Å²) in [6.07, 6.45) is 0.180. The molecule has 0 aromatic heterocycles. The minimum absolute atomic E-state index is 0.180. The Morgan fingerprint density at radius 2 is 1.95 bits per heavy atom. The Hall–Kier alpha value is -2.24. The smallest absolute Gasteiger partial charge is 0.327 e. The maximum Gasteiger partial charge on any atom is 0.327 e. The summed E-state index contributed by atoms with van der Waals surface area (Å²) in [5, 5.41) is 2.99. The number of carbonyl (C=O) groups excluding carboxylic acids is 2. The van der Waals surface area contributed by atoms with Crippen LogP contribution in [0.15, 0.2) is 24.3 Å². The number of nitrogens with one attached hydrogen (secondary N) is 1. The number of amides is 1. The van der Waals surface area contributed by atoms with E-state index in [1.165, 1.54) is 7.11 Å². The number of rotatable bonds is 7. The summed E-state index contributed by atoms with van der Waals surface area (Å²) < 4.78 is 9.94. The van der Waals surface area contributed by atoms with Crippen LogP contribution in [0.2, 0.25) is 0 Å². The summed E-state index contributed by atoms with van der Waals surface area (Å²) >= 11 is 0. The van der Waals surface area contributed by atoms with Crippen LogP contribution in [0, 0.1) is 0 Å². The number of nitrogens with two attached hydrogens (primary N) is 1. The monoisotopic (exact) mass is 266 g/mol. The molecule has 0 radical (unpaired) electrons. The average Bonchev–Trinajstić information content (AvgIpc) is 2.39. The third-order valence-corrected chi connectivity index (χ3v) is 2.41. The molecule has 0 aliphatic rings. The number of ether oxygens (including phenoxy) is 2. The molecule has 0 aliphatic carbocycles. The Labute approximate surface area is 111 Å². The van der Waals surface area contributed by atoms with Gasteiger partial charge >= 0.3 is 5.97 Å². The van der Waals surface area contributed by atoms with E-state index in [4.69, 9.17) is 10.5 Å². The molecule has 0 bridgehead atoms. The van der Waals surface area contributed by atoms with E-state index in [1.54, 1.807) is 31.2 Å². The fourth-order valence-electron chi connectivity index (χ4n) is 1.40. The quantitative estimate of drug-likeness (QED) is 0.716. The van der Waals surface area contributed by atoms with Crippen molar-refractivity contribution in [3.63, 3.8) is 0 Å². The predicted octanol–water partition coefficient (Wildman–Crippen LogP) is 0.914. The minimum Gasteiger partial charge on any atom is -0.493 e. The van der Waals surface area contributed by atoms with Gasteiger partial charge in [0.05, 0.1) is 20.1 Å². The summed E-state index contributed by atoms with van der Waals surface area (Å²) in [6.45, 7) is 1.96. The Morgan fingerprint density at radius 3 is 2.47 bits per heavy atom. The fraction of sp³-hybridized carbons (Fsp3) is 0.385. The topological polar surface area (TPSA) is 90.7 Å². The van der Waals surface area contributed by atoms with Gasteiger partial charge in [0.15, 0.2) is 0 Å². The molecule has 0 spiro atoms. The van der Waals surface area contributed by atoms with Crippen molar-refractivity contribution >= 4 is 17.6 Å². The van der Waals surface area contributed by atoms with Crippen LogP contribution >= 0.6 is 0 Å². The van der Waals surface area contributed by atoms with Gasteiger partial charge in [0, 0.05) is 5.69 Å². The number of anilines is 1. The van der Waals surface area contributed by atoms with Crippen LogP contribution in [0.4, 0.5) is 5.69 Å². The molecule has 1 rings (SSSR count). The van der Waals surface area contributed by atoms with E-state index in [-0.39, 0.29) is 19.0 Å². The molecule has 0 fully saturated rings. The maximum absolute atomic E-state index is 11.2. The minimum atomic E-state index is -0.424. The molecule has 19 heavy (non-hydrogen) atoms. The van der Waals surface area contributed by atoms with Gasteiger partial charge in [-0.1, -0.05) is 0 Å². The van der Waals surface area contributed by atoms with Crippen LogP contribution in [-0.2, 0) is 14.3 Å². The molecule has 1 unspecified atom stereocenters. The summed E-state index contributed by atoms with van der Waals surface area (Å²) in [5.74, 6) is -0.0931. The number of primary amides is 1. The molecule has 6 nitrogen and oxygen atoms in total. The highest BCUT2D eigenvalue weighted by Crippen LogP contribution is 2.16. The maximum atomic E-state index is 11.2. The summed E-state index contributed by atoms with van der Waals surface area (Å²) in [4.78, 5) is 21.8. The van der Waals surface area contributed by atoms with Crippen molar-refractivity contribution in [2.75, 3.05) is 19.0 Å². The molecular weight excluding hydrogens is 248 g/mol. The van der Waals surface area contributed by atoms with E-state index in [9.17, 15) is 9.59 Å². The molecule has 1 aromatic carbocycles. The standard InChI is InChI=1S/C13H18N2O4/c1-9(13(17)18-2)15-10-3-5-11(6-4-10)19-8-7-12(14)16/h3-6,9,15H,7-8H2,1-2H3,(H2,14,16). The molecule has 0 heterocycles. The zero-order chi connectivity index (χ0) is 14.3. The molecule has 1 atom stereocenters. The molecule has 104 valence electrons. The number of esters is 1. The first-order valence-corrected chi connectivity index (χ1v) is 5.88. The predicted molar refractivity (Wildman–Crippen MR) is 70.8 cm³/mol. The van der Waals surface area contributed by atoms with Gasteiger partial charge in [-0.2, -0.15) is 0 Å². The van der Waals surface area contributed by atoms with Gasteiger partial charge < -0.3 is 20.5 Å². The first-order chi connectivity index (χ1) is 9.02. The lowest BCUT2D eigenvalue weighted by Crippen LogP contribution is -2.27. The van der Waals surface area contributed by atoms with Gasteiger partial charge in [-0.05, 0) is 31.2 Å².